The Bertz CT molecular complexity index is 550. The maximum Gasteiger partial charge on any atom is 0.407 e. The van der Waals surface area contributed by atoms with Crippen LogP contribution >= 0.6 is 0 Å². The van der Waals surface area contributed by atoms with Gasteiger partial charge in [0.05, 0.1) is 7.11 Å². The third kappa shape index (κ3) is 5.06. The quantitative estimate of drug-likeness (QED) is 0.870. The summed E-state index contributed by atoms with van der Waals surface area (Å²) in [5, 5.41) is 2.51. The summed E-state index contributed by atoms with van der Waals surface area (Å²) >= 11 is 0. The summed E-state index contributed by atoms with van der Waals surface area (Å²) in [6, 6.07) is 2.17. The third-order valence-corrected chi connectivity index (χ3v) is 3.33. The van der Waals surface area contributed by atoms with Crippen LogP contribution in [0.5, 0.6) is 5.75 Å². The topological polar surface area (TPSA) is 73.6 Å². The smallest absolute Gasteiger partial charge is 0.407 e. The number of carbonyl (C=O) groups is 1. The Hall–Kier alpha value is -1.89. The second-order valence-corrected chi connectivity index (χ2v) is 6.59. The number of benzene rings is 1. The number of rotatable bonds is 5. The van der Waals surface area contributed by atoms with Crippen molar-refractivity contribution in [2.45, 2.75) is 38.7 Å². The number of nitrogens with two attached hydrogens (primary N) is 1. The minimum atomic E-state index is -1.13. The van der Waals surface area contributed by atoms with E-state index < -0.39 is 28.7 Å². The van der Waals surface area contributed by atoms with Crippen molar-refractivity contribution in [3.05, 3.63) is 29.3 Å². The number of nitrogens with one attached hydrogen (secondary N) is 1. The van der Waals surface area contributed by atoms with Crippen LogP contribution in [0.1, 0.15) is 33.3 Å². The summed E-state index contributed by atoms with van der Waals surface area (Å²) < 4.78 is 38.5. The van der Waals surface area contributed by atoms with Crippen LogP contribution in [0.15, 0.2) is 12.1 Å². The van der Waals surface area contributed by atoms with Crippen LogP contribution in [0, 0.1) is 11.6 Å². The molecule has 0 aliphatic rings. The molecule has 1 aromatic carbocycles. The number of ether oxygens (including phenoxy) is 2. The van der Waals surface area contributed by atoms with Gasteiger partial charge in [-0.05, 0) is 20.8 Å². The summed E-state index contributed by atoms with van der Waals surface area (Å²) in [5.41, 5.74) is 3.71. The predicted octanol–water partition coefficient (Wildman–Crippen LogP) is 2.71. The fourth-order valence-electron chi connectivity index (χ4n) is 2.09. The minimum absolute atomic E-state index is 0.0665. The summed E-state index contributed by atoms with van der Waals surface area (Å²) in [5.74, 6) is -1.48. The Labute approximate surface area is 135 Å². The van der Waals surface area contributed by atoms with Crippen LogP contribution in [0.25, 0.3) is 0 Å². The Balaban J connectivity index is 3.00. The number of methoxy groups -OCH3 is 1. The van der Waals surface area contributed by atoms with Crippen molar-refractivity contribution in [1.82, 2.24) is 5.32 Å². The molecule has 130 valence electrons. The lowest BCUT2D eigenvalue weighted by Crippen LogP contribution is -2.46. The largest absolute Gasteiger partial charge is 0.497 e. The number of alkyl carbamates (subject to hydrolysis) is 1. The molecule has 3 N–H and O–H groups in total. The van der Waals surface area contributed by atoms with Gasteiger partial charge in [0.25, 0.3) is 0 Å². The Morgan fingerprint density at radius 3 is 2.13 bits per heavy atom. The van der Waals surface area contributed by atoms with Gasteiger partial charge in [0, 0.05) is 36.2 Å². The molecule has 0 bridgehead atoms. The Morgan fingerprint density at radius 1 is 1.22 bits per heavy atom. The molecule has 7 heteroatoms. The van der Waals surface area contributed by atoms with E-state index in [0.717, 1.165) is 12.1 Å². The molecule has 0 saturated heterocycles. The highest BCUT2D eigenvalue weighted by Gasteiger charge is 2.33. The van der Waals surface area contributed by atoms with E-state index in [1.165, 1.54) is 7.11 Å². The van der Waals surface area contributed by atoms with Gasteiger partial charge in [-0.2, -0.15) is 0 Å². The molecule has 1 rings (SSSR count). The lowest BCUT2D eigenvalue weighted by Gasteiger charge is -2.30. The van der Waals surface area contributed by atoms with Gasteiger partial charge in [0.15, 0.2) is 0 Å². The molecule has 23 heavy (non-hydrogen) atoms. The zero-order valence-corrected chi connectivity index (χ0v) is 14.1. The first-order valence-corrected chi connectivity index (χ1v) is 7.23. The fraction of sp³-hybridized carbons (Fsp3) is 0.562. The summed E-state index contributed by atoms with van der Waals surface area (Å²) in [6.45, 7) is 6.59. The fourth-order valence-corrected chi connectivity index (χ4v) is 2.09. The molecule has 5 nitrogen and oxygen atoms in total. The molecule has 0 spiro atoms. The number of hydrogen-bond donors (Lipinski definition) is 2. The highest BCUT2D eigenvalue weighted by Crippen LogP contribution is 2.30. The number of carbonyl (C=O) groups excluding carboxylic acids is 1. The molecular formula is C16H24F2N2O3. The molecule has 0 aliphatic carbocycles. The monoisotopic (exact) mass is 330 g/mol. The number of hydrogen-bond acceptors (Lipinski definition) is 4. The van der Waals surface area contributed by atoms with Crippen molar-refractivity contribution >= 4 is 6.09 Å². The lowest BCUT2D eigenvalue weighted by atomic mass is 9.81. The highest BCUT2D eigenvalue weighted by molar-refractivity contribution is 5.67. The molecule has 0 heterocycles. The summed E-state index contributed by atoms with van der Waals surface area (Å²) in [6.07, 6.45) is -0.675. The number of amides is 1. The molecule has 0 saturated carbocycles. The van der Waals surface area contributed by atoms with Crippen LogP contribution in [0.3, 0.4) is 0 Å². The summed E-state index contributed by atoms with van der Waals surface area (Å²) in [7, 11) is 1.32. The average molecular weight is 330 g/mol. The van der Waals surface area contributed by atoms with E-state index in [4.69, 9.17) is 15.2 Å². The van der Waals surface area contributed by atoms with Crippen LogP contribution in [0.2, 0.25) is 0 Å². The van der Waals surface area contributed by atoms with Crippen LogP contribution < -0.4 is 15.8 Å². The van der Waals surface area contributed by atoms with Crippen molar-refractivity contribution in [2.75, 3.05) is 20.2 Å². The SMILES string of the molecule is COc1cc(F)c(C(C)(CN)CNC(=O)OC(C)(C)C)c(F)c1. The maximum absolute atomic E-state index is 14.3. The van der Waals surface area contributed by atoms with Gasteiger partial charge >= 0.3 is 6.09 Å². The zero-order chi connectivity index (χ0) is 17.8. The maximum atomic E-state index is 14.3. The molecule has 0 radical (unpaired) electrons. The Kier molecular flexibility index (Phi) is 5.93. The highest BCUT2D eigenvalue weighted by atomic mass is 19.1. The van der Waals surface area contributed by atoms with Crippen molar-refractivity contribution in [3.8, 4) is 5.75 Å². The van der Waals surface area contributed by atoms with Gasteiger partial charge in [0.2, 0.25) is 0 Å². The van der Waals surface area contributed by atoms with E-state index in [1.807, 2.05) is 0 Å². The van der Waals surface area contributed by atoms with Gasteiger partial charge in [-0.15, -0.1) is 0 Å². The van der Waals surface area contributed by atoms with E-state index in [9.17, 15) is 13.6 Å². The first-order chi connectivity index (χ1) is 10.5. The second kappa shape index (κ2) is 7.12. The van der Waals surface area contributed by atoms with Crippen LogP contribution in [-0.4, -0.2) is 31.9 Å². The first-order valence-electron chi connectivity index (χ1n) is 7.23. The number of halogens is 2. The van der Waals surface area contributed by atoms with Crippen molar-refractivity contribution in [2.24, 2.45) is 5.73 Å². The van der Waals surface area contributed by atoms with Gasteiger partial charge in [-0.3, -0.25) is 0 Å². The molecule has 1 aromatic rings. The second-order valence-electron chi connectivity index (χ2n) is 6.59. The van der Waals surface area contributed by atoms with E-state index in [2.05, 4.69) is 5.32 Å². The molecule has 1 amide bonds. The van der Waals surface area contributed by atoms with Crippen LogP contribution in [-0.2, 0) is 10.2 Å². The van der Waals surface area contributed by atoms with Crippen molar-refractivity contribution in [3.63, 3.8) is 0 Å². The average Bonchev–Trinajstić information content (AvgIpc) is 2.42. The van der Waals surface area contributed by atoms with E-state index >= 15 is 0 Å². The van der Waals surface area contributed by atoms with E-state index in [1.54, 1.807) is 27.7 Å². The summed E-state index contributed by atoms with van der Waals surface area (Å²) in [4.78, 5) is 11.7. The molecular weight excluding hydrogens is 306 g/mol. The molecule has 0 aromatic heterocycles. The van der Waals surface area contributed by atoms with Crippen molar-refractivity contribution < 1.29 is 23.0 Å². The molecule has 1 unspecified atom stereocenters. The molecule has 1 atom stereocenters. The zero-order valence-electron chi connectivity index (χ0n) is 14.1. The van der Waals surface area contributed by atoms with Gasteiger partial charge < -0.3 is 20.5 Å². The third-order valence-electron chi connectivity index (χ3n) is 3.33. The lowest BCUT2D eigenvalue weighted by molar-refractivity contribution is 0.0515. The first kappa shape index (κ1) is 19.2. The van der Waals surface area contributed by atoms with Gasteiger partial charge in [0.1, 0.15) is 23.0 Å². The van der Waals surface area contributed by atoms with E-state index in [-0.39, 0.29) is 24.4 Å². The standard InChI is InChI=1S/C16H24F2N2O3/c1-15(2,3)23-14(21)20-9-16(4,8-19)13-11(17)6-10(22-5)7-12(13)18/h6-7H,8-9,19H2,1-5H3,(H,20,21). The minimum Gasteiger partial charge on any atom is -0.497 e. The van der Waals surface area contributed by atoms with Gasteiger partial charge in [-0.25, -0.2) is 13.6 Å². The van der Waals surface area contributed by atoms with E-state index in [0.29, 0.717) is 0 Å². The Morgan fingerprint density at radius 2 is 1.74 bits per heavy atom. The molecule has 0 aliphatic heterocycles. The van der Waals surface area contributed by atoms with Crippen LogP contribution in [0.4, 0.5) is 13.6 Å². The van der Waals surface area contributed by atoms with Crippen molar-refractivity contribution in [1.29, 1.82) is 0 Å². The normalized spacial score (nSPS) is 14.1. The molecule has 0 fully saturated rings. The predicted molar refractivity (Wildman–Crippen MR) is 83.6 cm³/mol. The van der Waals surface area contributed by atoms with Gasteiger partial charge in [-0.1, -0.05) is 6.92 Å².